The molecule has 1 amide bonds. The average Bonchev–Trinajstić information content (AvgIpc) is 3.43. The van der Waals surface area contributed by atoms with Crippen LogP contribution in [0.5, 0.6) is 5.75 Å². The van der Waals surface area contributed by atoms with E-state index in [1.165, 1.54) is 28.0 Å². The van der Waals surface area contributed by atoms with Crippen LogP contribution < -0.4 is 10.1 Å². The van der Waals surface area contributed by atoms with Gasteiger partial charge in [-0.2, -0.15) is 5.26 Å². The molecule has 0 saturated heterocycles. The number of carbonyl (C=O) groups excluding carboxylic acids is 1. The molecule has 1 aliphatic carbocycles. The maximum Gasteiger partial charge on any atom is 0.235 e. The highest BCUT2D eigenvalue weighted by atomic mass is 32.2. The Balaban J connectivity index is 1.43. The number of unbranched alkanes of at least 4 members (excludes halogenated alkanes) is 1. The zero-order chi connectivity index (χ0) is 25.5. The molecule has 188 valence electrons. The summed E-state index contributed by atoms with van der Waals surface area (Å²) in [4.78, 5) is 14.0. The van der Waals surface area contributed by atoms with Crippen molar-refractivity contribution in [3.8, 4) is 23.2 Å². The Morgan fingerprint density at radius 1 is 1.39 bits per heavy atom. The minimum Gasteiger partial charge on any atom is -0.494 e. The van der Waals surface area contributed by atoms with Crippen molar-refractivity contribution in [2.45, 2.75) is 57.7 Å². The predicted octanol–water partition coefficient (Wildman–Crippen LogP) is 6.10. The van der Waals surface area contributed by atoms with Crippen molar-refractivity contribution in [1.82, 2.24) is 14.8 Å². The van der Waals surface area contributed by atoms with Crippen LogP contribution in [0.25, 0.3) is 11.4 Å². The van der Waals surface area contributed by atoms with Gasteiger partial charge in [0.25, 0.3) is 0 Å². The highest BCUT2D eigenvalue weighted by Gasteiger charge is 2.25. The third kappa shape index (κ3) is 6.00. The molecule has 2 heterocycles. The van der Waals surface area contributed by atoms with Crippen LogP contribution in [0.3, 0.4) is 0 Å². The molecule has 1 unspecified atom stereocenters. The molecule has 3 aromatic rings. The van der Waals surface area contributed by atoms with Gasteiger partial charge in [0.05, 0.1) is 17.9 Å². The number of amides is 1. The molecule has 0 spiro atoms. The van der Waals surface area contributed by atoms with Gasteiger partial charge in [0.1, 0.15) is 16.8 Å². The number of fused-ring (bicyclic) bond motifs is 1. The second-order valence-corrected chi connectivity index (χ2v) is 11.0. The number of rotatable bonds is 11. The summed E-state index contributed by atoms with van der Waals surface area (Å²) in [7, 11) is 0. The number of ether oxygens (including phenoxy) is 1. The molecule has 0 saturated carbocycles. The average molecular weight is 522 g/mol. The SMILES string of the molecule is C=CCn1c(SCC(=O)Nc2sc3c(c2C#N)CCC(C)C3)nnc1-c1ccc(OCCCC)cc1. The Labute approximate surface area is 220 Å². The number of hydrogen-bond donors (Lipinski definition) is 1. The van der Waals surface area contributed by atoms with Crippen molar-refractivity contribution >= 4 is 34.0 Å². The Morgan fingerprint density at radius 2 is 2.19 bits per heavy atom. The number of thioether (sulfide) groups is 1. The van der Waals surface area contributed by atoms with E-state index in [4.69, 9.17) is 4.74 Å². The summed E-state index contributed by atoms with van der Waals surface area (Å²) in [6.07, 6.45) is 6.86. The lowest BCUT2D eigenvalue weighted by molar-refractivity contribution is -0.113. The topological polar surface area (TPSA) is 92.8 Å². The van der Waals surface area contributed by atoms with E-state index >= 15 is 0 Å². The van der Waals surface area contributed by atoms with Gasteiger partial charge in [-0.05, 0) is 61.4 Å². The second kappa shape index (κ2) is 12.2. The molecule has 0 radical (unpaired) electrons. The second-order valence-electron chi connectivity index (χ2n) is 8.94. The maximum atomic E-state index is 12.8. The van der Waals surface area contributed by atoms with Gasteiger partial charge in [-0.15, -0.1) is 28.1 Å². The summed E-state index contributed by atoms with van der Waals surface area (Å²) in [6, 6.07) is 10.1. The largest absolute Gasteiger partial charge is 0.494 e. The minimum absolute atomic E-state index is 0.161. The fourth-order valence-corrected chi connectivity index (χ4v) is 6.31. The van der Waals surface area contributed by atoms with Crippen molar-refractivity contribution in [3.63, 3.8) is 0 Å². The van der Waals surface area contributed by atoms with Crippen LogP contribution in [-0.2, 0) is 24.2 Å². The van der Waals surface area contributed by atoms with Gasteiger partial charge in [0, 0.05) is 17.0 Å². The summed E-state index contributed by atoms with van der Waals surface area (Å²) < 4.78 is 7.70. The first kappa shape index (κ1) is 26.0. The van der Waals surface area contributed by atoms with Gasteiger partial charge in [0.2, 0.25) is 5.91 Å². The van der Waals surface area contributed by atoms with Gasteiger partial charge >= 0.3 is 0 Å². The quantitative estimate of drug-likeness (QED) is 0.186. The summed E-state index contributed by atoms with van der Waals surface area (Å²) in [6.45, 7) is 9.45. The summed E-state index contributed by atoms with van der Waals surface area (Å²) >= 11 is 2.86. The highest BCUT2D eigenvalue weighted by molar-refractivity contribution is 7.99. The van der Waals surface area contributed by atoms with Gasteiger partial charge < -0.3 is 10.1 Å². The number of aromatic nitrogens is 3. The van der Waals surface area contributed by atoms with E-state index < -0.39 is 0 Å². The fourth-order valence-electron chi connectivity index (χ4n) is 4.19. The number of allylic oxidation sites excluding steroid dienone is 1. The van der Waals surface area contributed by atoms with Crippen LogP contribution in [0.1, 0.15) is 49.1 Å². The molecule has 0 bridgehead atoms. The van der Waals surface area contributed by atoms with E-state index in [9.17, 15) is 10.1 Å². The molecule has 0 fully saturated rings. The van der Waals surface area contributed by atoms with E-state index in [0.717, 1.165) is 49.0 Å². The molecule has 4 rings (SSSR count). The zero-order valence-electron chi connectivity index (χ0n) is 20.7. The number of carbonyl (C=O) groups is 1. The van der Waals surface area contributed by atoms with E-state index in [2.05, 4.69) is 42.0 Å². The minimum atomic E-state index is -0.161. The van der Waals surface area contributed by atoms with Crippen molar-refractivity contribution < 1.29 is 9.53 Å². The Hall–Kier alpha value is -3.09. The lowest BCUT2D eigenvalue weighted by Gasteiger charge is -2.17. The standard InChI is InChI=1S/C27H31N5O2S2/c1-4-6-14-34-20-10-8-19(9-11-20)25-30-31-27(32(25)13-5-2)35-17-24(33)29-26-22(16-28)21-12-7-18(3)15-23(21)36-26/h5,8-11,18H,2,4,6-7,12-15,17H2,1,3H3,(H,29,33). The molecule has 2 aromatic heterocycles. The lowest BCUT2D eigenvalue weighted by Crippen LogP contribution is -2.15. The first-order chi connectivity index (χ1) is 17.5. The lowest BCUT2D eigenvalue weighted by atomic mass is 9.89. The summed E-state index contributed by atoms with van der Waals surface area (Å²) in [5, 5.41) is 22.7. The van der Waals surface area contributed by atoms with E-state index in [-0.39, 0.29) is 11.7 Å². The van der Waals surface area contributed by atoms with Crippen LogP contribution in [0.15, 0.2) is 42.1 Å². The van der Waals surface area contributed by atoms with Gasteiger partial charge in [-0.3, -0.25) is 9.36 Å². The third-order valence-corrected chi connectivity index (χ3v) is 8.25. The van der Waals surface area contributed by atoms with Crippen molar-refractivity contribution in [3.05, 3.63) is 52.9 Å². The maximum absolute atomic E-state index is 12.8. The highest BCUT2D eigenvalue weighted by Crippen LogP contribution is 2.39. The Kier molecular flexibility index (Phi) is 8.83. The van der Waals surface area contributed by atoms with Gasteiger partial charge in [-0.1, -0.05) is 38.1 Å². The molecule has 1 aromatic carbocycles. The molecular formula is C27H31N5O2S2. The Morgan fingerprint density at radius 3 is 2.92 bits per heavy atom. The van der Waals surface area contributed by atoms with Crippen LogP contribution in [0, 0.1) is 17.2 Å². The van der Waals surface area contributed by atoms with Crippen LogP contribution in [-0.4, -0.2) is 33.0 Å². The van der Waals surface area contributed by atoms with Crippen molar-refractivity contribution in [1.29, 1.82) is 5.26 Å². The van der Waals surface area contributed by atoms with Crippen LogP contribution in [0.4, 0.5) is 5.00 Å². The number of anilines is 1. The molecular weight excluding hydrogens is 490 g/mol. The molecule has 1 aliphatic rings. The fraction of sp³-hybridized carbons (Fsp3) is 0.407. The smallest absolute Gasteiger partial charge is 0.235 e. The van der Waals surface area contributed by atoms with Crippen molar-refractivity contribution in [2.75, 3.05) is 17.7 Å². The van der Waals surface area contributed by atoms with Crippen LogP contribution >= 0.6 is 23.1 Å². The predicted molar refractivity (Wildman–Crippen MR) is 146 cm³/mol. The molecule has 36 heavy (non-hydrogen) atoms. The number of nitrogens with zero attached hydrogens (tertiary/aromatic N) is 4. The van der Waals surface area contributed by atoms with E-state index in [0.29, 0.717) is 40.6 Å². The zero-order valence-corrected chi connectivity index (χ0v) is 22.4. The molecule has 1 atom stereocenters. The van der Waals surface area contributed by atoms with E-state index in [1.54, 1.807) is 6.08 Å². The number of benzene rings is 1. The van der Waals surface area contributed by atoms with Gasteiger partial charge in [-0.25, -0.2) is 0 Å². The number of thiophene rings is 1. The van der Waals surface area contributed by atoms with Crippen LogP contribution in [0.2, 0.25) is 0 Å². The van der Waals surface area contributed by atoms with Gasteiger partial charge in [0.15, 0.2) is 11.0 Å². The molecule has 7 nitrogen and oxygen atoms in total. The summed E-state index contributed by atoms with van der Waals surface area (Å²) in [5.41, 5.74) is 2.65. The number of nitrogens with one attached hydrogen (secondary N) is 1. The number of hydrogen-bond acceptors (Lipinski definition) is 7. The first-order valence-corrected chi connectivity index (χ1v) is 14.1. The molecule has 1 N–H and O–H groups in total. The van der Waals surface area contributed by atoms with Crippen molar-refractivity contribution in [2.24, 2.45) is 5.92 Å². The number of nitriles is 1. The monoisotopic (exact) mass is 521 g/mol. The molecule has 0 aliphatic heterocycles. The van der Waals surface area contributed by atoms with E-state index in [1.807, 2.05) is 28.8 Å². The first-order valence-electron chi connectivity index (χ1n) is 12.3. The Bertz CT molecular complexity index is 1260. The molecule has 9 heteroatoms. The summed E-state index contributed by atoms with van der Waals surface area (Å²) in [5.74, 6) is 2.16. The third-order valence-electron chi connectivity index (χ3n) is 6.12. The normalized spacial score (nSPS) is 14.6.